The minimum Gasteiger partial charge on any atom is -0.472 e. The number of nitrogens with one attached hydrogen (secondary N) is 1. The Morgan fingerprint density at radius 1 is 1.04 bits per heavy atom. The molecule has 3 aromatic rings. The molecule has 0 spiro atoms. The number of hydrogen-bond acceptors (Lipinski definition) is 4. The minimum absolute atomic E-state index is 0.0278. The van der Waals surface area contributed by atoms with Gasteiger partial charge in [0.15, 0.2) is 0 Å². The van der Waals surface area contributed by atoms with Crippen molar-refractivity contribution >= 4 is 10.0 Å². The van der Waals surface area contributed by atoms with E-state index in [0.717, 1.165) is 23.3 Å². The third-order valence-electron chi connectivity index (χ3n) is 3.76. The summed E-state index contributed by atoms with van der Waals surface area (Å²) in [4.78, 5) is 4.06. The Morgan fingerprint density at radius 3 is 2.56 bits per heavy atom. The highest BCUT2D eigenvalue weighted by atomic mass is 32.2. The van der Waals surface area contributed by atoms with E-state index in [0.29, 0.717) is 5.56 Å². The topological polar surface area (TPSA) is 72.2 Å². The van der Waals surface area contributed by atoms with Crippen LogP contribution in [0.5, 0.6) is 0 Å². The number of pyridine rings is 1. The van der Waals surface area contributed by atoms with Gasteiger partial charge in [-0.15, -0.1) is 0 Å². The summed E-state index contributed by atoms with van der Waals surface area (Å²) in [6.07, 6.45) is 1.66. The number of nitrogens with zero attached hydrogens (tertiary/aromatic N) is 1. The molecular formula is C18H15F3N2O3S. The van der Waals surface area contributed by atoms with Crippen molar-refractivity contribution < 1.29 is 26.0 Å². The van der Waals surface area contributed by atoms with Gasteiger partial charge in [0.25, 0.3) is 0 Å². The van der Waals surface area contributed by atoms with E-state index in [1.54, 1.807) is 24.6 Å². The molecule has 5 nitrogen and oxygen atoms in total. The van der Waals surface area contributed by atoms with Crippen LogP contribution in [0, 0.1) is 0 Å². The summed E-state index contributed by atoms with van der Waals surface area (Å²) < 4.78 is 70.1. The van der Waals surface area contributed by atoms with E-state index in [9.17, 15) is 21.6 Å². The van der Waals surface area contributed by atoms with E-state index in [4.69, 9.17) is 4.42 Å². The molecule has 1 N–H and O–H groups in total. The van der Waals surface area contributed by atoms with Crippen LogP contribution < -0.4 is 4.72 Å². The number of sulfonamides is 1. The molecule has 0 bridgehead atoms. The first-order valence-corrected chi connectivity index (χ1v) is 9.48. The standard InChI is InChI=1S/C18H15F3N2O3S/c19-18(20,21)17-3-1-2-13(7-17)12-27(24,25)23-9-14-6-16(10-22-8-14)15-4-5-26-11-15/h1-8,10-11,23H,9,12H2. The fourth-order valence-electron chi connectivity index (χ4n) is 2.47. The van der Waals surface area contributed by atoms with Crippen molar-refractivity contribution in [3.63, 3.8) is 0 Å². The molecule has 0 saturated carbocycles. The normalized spacial score (nSPS) is 12.3. The van der Waals surface area contributed by atoms with Gasteiger partial charge < -0.3 is 4.42 Å². The molecule has 0 atom stereocenters. The maximum Gasteiger partial charge on any atom is 0.416 e. The number of benzene rings is 1. The molecule has 27 heavy (non-hydrogen) atoms. The zero-order valence-electron chi connectivity index (χ0n) is 13.9. The van der Waals surface area contributed by atoms with Crippen molar-refractivity contribution in [1.29, 1.82) is 0 Å². The monoisotopic (exact) mass is 396 g/mol. The second-order valence-corrected chi connectivity index (χ2v) is 7.68. The molecule has 0 radical (unpaired) electrons. The summed E-state index contributed by atoms with van der Waals surface area (Å²) in [5.74, 6) is -0.550. The van der Waals surface area contributed by atoms with Crippen molar-refractivity contribution in [2.45, 2.75) is 18.5 Å². The van der Waals surface area contributed by atoms with Crippen LogP contribution in [-0.2, 0) is 28.5 Å². The molecule has 0 saturated heterocycles. The largest absolute Gasteiger partial charge is 0.472 e. The van der Waals surface area contributed by atoms with Crippen LogP contribution in [0.2, 0.25) is 0 Å². The maximum absolute atomic E-state index is 12.7. The van der Waals surface area contributed by atoms with Crippen molar-refractivity contribution in [3.05, 3.63) is 78.0 Å². The lowest BCUT2D eigenvalue weighted by Crippen LogP contribution is -2.25. The number of rotatable bonds is 6. The quantitative estimate of drug-likeness (QED) is 0.684. The highest BCUT2D eigenvalue weighted by molar-refractivity contribution is 7.88. The Hall–Kier alpha value is -2.65. The Kier molecular flexibility index (Phi) is 5.33. The minimum atomic E-state index is -4.52. The summed E-state index contributed by atoms with van der Waals surface area (Å²) in [5.41, 5.74) is 1.35. The molecule has 0 fully saturated rings. The highest BCUT2D eigenvalue weighted by Gasteiger charge is 2.30. The highest BCUT2D eigenvalue weighted by Crippen LogP contribution is 2.29. The average molecular weight is 396 g/mol. The third-order valence-corrected chi connectivity index (χ3v) is 5.05. The Balaban J connectivity index is 1.68. The van der Waals surface area contributed by atoms with E-state index in [2.05, 4.69) is 9.71 Å². The number of halogens is 3. The summed E-state index contributed by atoms with van der Waals surface area (Å²) in [6.45, 7) is -0.0278. The van der Waals surface area contributed by atoms with Gasteiger partial charge in [-0.1, -0.05) is 18.2 Å². The molecule has 142 valence electrons. The zero-order valence-corrected chi connectivity index (χ0v) is 14.7. The van der Waals surface area contributed by atoms with Crippen LogP contribution in [0.15, 0.2) is 65.7 Å². The predicted molar refractivity (Wildman–Crippen MR) is 92.8 cm³/mol. The van der Waals surface area contributed by atoms with Crippen LogP contribution >= 0.6 is 0 Å². The van der Waals surface area contributed by atoms with E-state index < -0.39 is 27.5 Å². The fraction of sp³-hybridized carbons (Fsp3) is 0.167. The van der Waals surface area contributed by atoms with Gasteiger partial charge in [0.2, 0.25) is 10.0 Å². The number of furan rings is 1. The average Bonchev–Trinajstić information content (AvgIpc) is 3.14. The molecule has 0 aliphatic carbocycles. The van der Waals surface area contributed by atoms with Gasteiger partial charge in [0, 0.05) is 30.1 Å². The third kappa shape index (κ3) is 5.18. The number of hydrogen-bond donors (Lipinski definition) is 1. The van der Waals surface area contributed by atoms with Crippen molar-refractivity contribution in [3.8, 4) is 11.1 Å². The van der Waals surface area contributed by atoms with Crippen LogP contribution in [-0.4, -0.2) is 13.4 Å². The summed E-state index contributed by atoms with van der Waals surface area (Å²) in [5, 5.41) is 0. The second kappa shape index (κ2) is 7.53. The summed E-state index contributed by atoms with van der Waals surface area (Å²) >= 11 is 0. The van der Waals surface area contributed by atoms with Crippen LogP contribution in [0.3, 0.4) is 0 Å². The molecule has 0 aliphatic heterocycles. The number of aromatic nitrogens is 1. The summed E-state index contributed by atoms with van der Waals surface area (Å²) in [7, 11) is -3.83. The second-order valence-electron chi connectivity index (χ2n) is 5.87. The van der Waals surface area contributed by atoms with Crippen molar-refractivity contribution in [2.24, 2.45) is 0 Å². The van der Waals surface area contributed by atoms with Gasteiger partial charge in [-0.2, -0.15) is 13.2 Å². The van der Waals surface area contributed by atoms with Gasteiger partial charge in [0.05, 0.1) is 23.8 Å². The molecule has 2 aromatic heterocycles. The first-order valence-electron chi connectivity index (χ1n) is 7.83. The van der Waals surface area contributed by atoms with Gasteiger partial charge in [0.1, 0.15) is 0 Å². The SMILES string of the molecule is O=S(=O)(Cc1cccc(C(F)(F)F)c1)NCc1cncc(-c2ccoc2)c1. The summed E-state index contributed by atoms with van der Waals surface area (Å²) in [6, 6.07) is 7.77. The zero-order chi connectivity index (χ0) is 19.5. The Bertz CT molecular complexity index is 1020. The van der Waals surface area contributed by atoms with E-state index in [1.807, 2.05) is 0 Å². The lowest BCUT2D eigenvalue weighted by molar-refractivity contribution is -0.137. The van der Waals surface area contributed by atoms with Crippen LogP contribution in [0.25, 0.3) is 11.1 Å². The van der Waals surface area contributed by atoms with Gasteiger partial charge in [-0.25, -0.2) is 13.1 Å². The molecule has 3 rings (SSSR count). The number of alkyl halides is 3. The van der Waals surface area contributed by atoms with Crippen molar-refractivity contribution in [2.75, 3.05) is 0 Å². The molecule has 0 aliphatic rings. The molecule has 9 heteroatoms. The smallest absolute Gasteiger partial charge is 0.416 e. The van der Waals surface area contributed by atoms with Crippen molar-refractivity contribution in [1.82, 2.24) is 9.71 Å². The Morgan fingerprint density at radius 2 is 1.85 bits per heavy atom. The van der Waals surface area contributed by atoms with E-state index in [-0.39, 0.29) is 12.1 Å². The molecular weight excluding hydrogens is 381 g/mol. The van der Waals surface area contributed by atoms with Crippen LogP contribution in [0.1, 0.15) is 16.7 Å². The lowest BCUT2D eigenvalue weighted by Gasteiger charge is -2.10. The predicted octanol–water partition coefficient (Wildman–Crippen LogP) is 3.98. The van der Waals surface area contributed by atoms with Gasteiger partial charge >= 0.3 is 6.18 Å². The first-order chi connectivity index (χ1) is 12.7. The fourth-order valence-corrected chi connectivity index (χ4v) is 3.58. The van der Waals surface area contributed by atoms with E-state index >= 15 is 0 Å². The lowest BCUT2D eigenvalue weighted by atomic mass is 10.1. The maximum atomic E-state index is 12.7. The molecule has 0 amide bonds. The van der Waals surface area contributed by atoms with Gasteiger partial charge in [-0.3, -0.25) is 4.98 Å². The molecule has 2 heterocycles. The molecule has 1 aromatic carbocycles. The Labute approximate surface area is 153 Å². The van der Waals surface area contributed by atoms with Crippen LogP contribution in [0.4, 0.5) is 13.2 Å². The van der Waals surface area contributed by atoms with Gasteiger partial charge in [-0.05, 0) is 29.3 Å². The van der Waals surface area contributed by atoms with E-state index in [1.165, 1.54) is 24.6 Å². The first kappa shape index (κ1) is 19.1. The molecule has 0 unspecified atom stereocenters.